The molecule has 0 heterocycles. The Labute approximate surface area is 106 Å². The van der Waals surface area contributed by atoms with Crippen LogP contribution in [-0.2, 0) is 0 Å². The van der Waals surface area contributed by atoms with Gasteiger partial charge in [-0.05, 0) is 31.2 Å². The van der Waals surface area contributed by atoms with E-state index in [1.54, 1.807) is 30.3 Å². The molecule has 0 saturated carbocycles. The summed E-state index contributed by atoms with van der Waals surface area (Å²) in [6.45, 7) is 1.89. The standard InChI is InChI=1S/C15H13FN2/c1-11(14-7-2-3-8-15(14)16)18-13-6-4-5-12(9-13)10-17/h2-9,11,18H,1H3. The zero-order valence-electron chi connectivity index (χ0n) is 10.0. The van der Waals surface area contributed by atoms with Crippen molar-refractivity contribution in [1.82, 2.24) is 0 Å². The second kappa shape index (κ2) is 5.33. The fourth-order valence-electron chi connectivity index (χ4n) is 1.83. The lowest BCUT2D eigenvalue weighted by Gasteiger charge is -2.16. The third kappa shape index (κ3) is 2.67. The predicted molar refractivity (Wildman–Crippen MR) is 69.6 cm³/mol. The van der Waals surface area contributed by atoms with Crippen LogP contribution in [0.5, 0.6) is 0 Å². The summed E-state index contributed by atoms with van der Waals surface area (Å²) in [5, 5.41) is 12.0. The van der Waals surface area contributed by atoms with Gasteiger partial charge in [0.15, 0.2) is 0 Å². The third-order valence-corrected chi connectivity index (χ3v) is 2.75. The topological polar surface area (TPSA) is 35.8 Å². The highest BCUT2D eigenvalue weighted by molar-refractivity contribution is 5.50. The molecule has 0 aliphatic carbocycles. The highest BCUT2D eigenvalue weighted by Gasteiger charge is 2.09. The van der Waals surface area contributed by atoms with Gasteiger partial charge in [0.2, 0.25) is 0 Å². The van der Waals surface area contributed by atoms with E-state index in [0.29, 0.717) is 11.1 Å². The first-order chi connectivity index (χ1) is 8.70. The molecule has 18 heavy (non-hydrogen) atoms. The number of nitrogens with zero attached hydrogens (tertiary/aromatic N) is 1. The molecule has 0 radical (unpaired) electrons. The zero-order valence-corrected chi connectivity index (χ0v) is 10.0. The highest BCUT2D eigenvalue weighted by Crippen LogP contribution is 2.21. The molecule has 0 aliphatic rings. The Morgan fingerprint density at radius 1 is 1.17 bits per heavy atom. The van der Waals surface area contributed by atoms with Crippen LogP contribution in [0.25, 0.3) is 0 Å². The van der Waals surface area contributed by atoms with Gasteiger partial charge in [-0.15, -0.1) is 0 Å². The molecule has 1 atom stereocenters. The number of hydrogen-bond donors (Lipinski definition) is 1. The lowest BCUT2D eigenvalue weighted by atomic mass is 10.1. The molecule has 1 N–H and O–H groups in total. The highest BCUT2D eigenvalue weighted by atomic mass is 19.1. The average molecular weight is 240 g/mol. The molecule has 90 valence electrons. The van der Waals surface area contributed by atoms with Gasteiger partial charge in [0.25, 0.3) is 0 Å². The van der Waals surface area contributed by atoms with Crippen LogP contribution in [0, 0.1) is 17.1 Å². The van der Waals surface area contributed by atoms with Gasteiger partial charge in [-0.3, -0.25) is 0 Å². The van der Waals surface area contributed by atoms with Gasteiger partial charge in [-0.1, -0.05) is 24.3 Å². The summed E-state index contributed by atoms with van der Waals surface area (Å²) >= 11 is 0. The van der Waals surface area contributed by atoms with Crippen LogP contribution in [0.3, 0.4) is 0 Å². The number of nitriles is 1. The molecule has 2 nitrogen and oxygen atoms in total. The largest absolute Gasteiger partial charge is 0.378 e. The van der Waals surface area contributed by atoms with Crippen molar-refractivity contribution < 1.29 is 4.39 Å². The van der Waals surface area contributed by atoms with Crippen molar-refractivity contribution in [3.63, 3.8) is 0 Å². The van der Waals surface area contributed by atoms with Crippen LogP contribution >= 0.6 is 0 Å². The van der Waals surface area contributed by atoms with Gasteiger partial charge in [0.05, 0.1) is 17.7 Å². The third-order valence-electron chi connectivity index (χ3n) is 2.75. The molecule has 0 spiro atoms. The van der Waals surface area contributed by atoms with Crippen LogP contribution in [0.15, 0.2) is 48.5 Å². The number of rotatable bonds is 3. The average Bonchev–Trinajstić information content (AvgIpc) is 2.39. The SMILES string of the molecule is CC(Nc1cccc(C#N)c1)c1ccccc1F. The van der Waals surface area contributed by atoms with Crippen LogP contribution in [-0.4, -0.2) is 0 Å². The first-order valence-corrected chi connectivity index (χ1v) is 5.72. The van der Waals surface area contributed by atoms with E-state index in [-0.39, 0.29) is 11.9 Å². The molecule has 0 fully saturated rings. The van der Waals surface area contributed by atoms with Crippen molar-refractivity contribution in [1.29, 1.82) is 5.26 Å². The van der Waals surface area contributed by atoms with Crippen LogP contribution < -0.4 is 5.32 Å². The van der Waals surface area contributed by atoms with E-state index >= 15 is 0 Å². The fraction of sp³-hybridized carbons (Fsp3) is 0.133. The van der Waals surface area contributed by atoms with Crippen LogP contribution in [0.4, 0.5) is 10.1 Å². The summed E-state index contributed by atoms with van der Waals surface area (Å²) in [6, 6.07) is 15.7. The van der Waals surface area contributed by atoms with Crippen LogP contribution in [0.2, 0.25) is 0 Å². The van der Waals surface area contributed by atoms with E-state index in [2.05, 4.69) is 11.4 Å². The molecular formula is C15H13FN2. The molecule has 0 aromatic heterocycles. The Bertz CT molecular complexity index is 587. The Morgan fingerprint density at radius 3 is 2.67 bits per heavy atom. The lowest BCUT2D eigenvalue weighted by Crippen LogP contribution is -2.08. The molecule has 0 bridgehead atoms. The summed E-state index contributed by atoms with van der Waals surface area (Å²) in [5.74, 6) is -0.228. The summed E-state index contributed by atoms with van der Waals surface area (Å²) < 4.78 is 13.6. The summed E-state index contributed by atoms with van der Waals surface area (Å²) in [7, 11) is 0. The van der Waals surface area contributed by atoms with Gasteiger partial charge in [-0.25, -0.2) is 4.39 Å². The molecule has 2 aromatic carbocycles. The van der Waals surface area contributed by atoms with Crippen molar-refractivity contribution >= 4 is 5.69 Å². The number of nitrogens with one attached hydrogen (secondary N) is 1. The Morgan fingerprint density at radius 2 is 1.94 bits per heavy atom. The van der Waals surface area contributed by atoms with Crippen molar-refractivity contribution in [3.05, 3.63) is 65.5 Å². The second-order valence-electron chi connectivity index (χ2n) is 4.08. The first kappa shape index (κ1) is 12.1. The summed E-state index contributed by atoms with van der Waals surface area (Å²) in [4.78, 5) is 0. The molecule has 3 heteroatoms. The van der Waals surface area contributed by atoms with Gasteiger partial charge >= 0.3 is 0 Å². The normalized spacial score (nSPS) is 11.6. The van der Waals surface area contributed by atoms with Gasteiger partial charge < -0.3 is 5.32 Å². The smallest absolute Gasteiger partial charge is 0.128 e. The second-order valence-corrected chi connectivity index (χ2v) is 4.08. The molecule has 1 unspecified atom stereocenters. The van der Waals surface area contributed by atoms with Crippen molar-refractivity contribution in [3.8, 4) is 6.07 Å². The summed E-state index contributed by atoms with van der Waals surface area (Å²) in [5.41, 5.74) is 2.00. The maximum absolute atomic E-state index is 13.6. The zero-order chi connectivity index (χ0) is 13.0. The maximum Gasteiger partial charge on any atom is 0.128 e. The maximum atomic E-state index is 13.6. The Kier molecular flexibility index (Phi) is 3.59. The number of anilines is 1. The quantitative estimate of drug-likeness (QED) is 0.884. The van der Waals surface area contributed by atoms with E-state index in [4.69, 9.17) is 5.26 Å². The van der Waals surface area contributed by atoms with E-state index < -0.39 is 0 Å². The van der Waals surface area contributed by atoms with Crippen molar-refractivity contribution in [2.24, 2.45) is 0 Å². The van der Waals surface area contributed by atoms with Gasteiger partial charge in [0, 0.05) is 11.3 Å². The molecule has 0 aliphatic heterocycles. The van der Waals surface area contributed by atoms with Crippen molar-refractivity contribution in [2.75, 3.05) is 5.32 Å². The number of benzene rings is 2. The van der Waals surface area contributed by atoms with Gasteiger partial charge in [0.1, 0.15) is 5.82 Å². The molecular weight excluding hydrogens is 227 g/mol. The van der Waals surface area contributed by atoms with E-state index in [9.17, 15) is 4.39 Å². The van der Waals surface area contributed by atoms with E-state index in [1.807, 2.05) is 19.1 Å². The van der Waals surface area contributed by atoms with Gasteiger partial charge in [-0.2, -0.15) is 5.26 Å². The molecule has 2 aromatic rings. The summed E-state index contributed by atoms with van der Waals surface area (Å²) in [6.07, 6.45) is 0. The minimum absolute atomic E-state index is 0.153. The Hall–Kier alpha value is -2.34. The van der Waals surface area contributed by atoms with Crippen LogP contribution in [0.1, 0.15) is 24.1 Å². The van der Waals surface area contributed by atoms with E-state index in [0.717, 1.165) is 5.69 Å². The lowest BCUT2D eigenvalue weighted by molar-refractivity contribution is 0.600. The minimum atomic E-state index is -0.228. The first-order valence-electron chi connectivity index (χ1n) is 5.72. The fourth-order valence-corrected chi connectivity index (χ4v) is 1.83. The number of hydrogen-bond acceptors (Lipinski definition) is 2. The molecule has 2 rings (SSSR count). The molecule has 0 amide bonds. The number of halogens is 1. The Balaban J connectivity index is 2.19. The van der Waals surface area contributed by atoms with Crippen molar-refractivity contribution in [2.45, 2.75) is 13.0 Å². The minimum Gasteiger partial charge on any atom is -0.378 e. The van der Waals surface area contributed by atoms with E-state index in [1.165, 1.54) is 6.07 Å². The predicted octanol–water partition coefficient (Wildman–Crippen LogP) is 3.87. The monoisotopic (exact) mass is 240 g/mol. The molecule has 0 saturated heterocycles.